The molecule has 2 atom stereocenters. The Bertz CT molecular complexity index is 943. The molecule has 1 N–H and O–H groups in total. The van der Waals surface area contributed by atoms with Crippen molar-refractivity contribution in [3.05, 3.63) is 35.9 Å². The monoisotopic (exact) mass is 769 g/mol. The van der Waals surface area contributed by atoms with Gasteiger partial charge in [-0.15, -0.1) is 0 Å². The number of nitrogens with zero attached hydrogens (tertiary/aromatic N) is 1. The summed E-state index contributed by atoms with van der Waals surface area (Å²) in [5, 5.41) is 0. The maximum absolute atomic E-state index is 12.6. The fraction of sp³-hybridized carbons (Fsp3) is 0.867. The molecule has 8 heteroatoms. The van der Waals surface area contributed by atoms with E-state index in [9.17, 15) is 9.46 Å². The minimum absolute atomic E-state index is 0.0458. The van der Waals surface area contributed by atoms with Gasteiger partial charge >= 0.3 is 7.82 Å². The van der Waals surface area contributed by atoms with Crippen LogP contribution in [0.3, 0.4) is 0 Å². The molecular formula is C45H87NO6P+. The molecule has 1 rings (SSSR count). The van der Waals surface area contributed by atoms with Crippen LogP contribution in [0.1, 0.15) is 192 Å². The number of hydrogen-bond donors (Lipinski definition) is 1. The Morgan fingerprint density at radius 3 is 1.42 bits per heavy atom. The molecule has 1 aromatic carbocycles. The summed E-state index contributed by atoms with van der Waals surface area (Å²) in [6.45, 7) is 5.11. The predicted octanol–water partition coefficient (Wildman–Crippen LogP) is 13.4. The number of quaternary nitrogens is 1. The fourth-order valence-corrected chi connectivity index (χ4v) is 7.54. The van der Waals surface area contributed by atoms with E-state index in [1.165, 1.54) is 161 Å². The first-order valence-electron chi connectivity index (χ1n) is 22.4. The molecule has 0 saturated carbocycles. The standard InChI is InChI=1S/C45H86NO6P/c1-5-6-7-8-9-10-11-12-13-14-16-19-22-25-28-34-39-49-42-45(50-41-44-36-31-30-32-37-44)43-52-53(47,48)51-40-35-29-26-23-20-17-15-18-21-24-27-33-38-46(2,3)4/h30-32,36-37,45H,5-29,33-35,38-43H2,1-4H3/p+1. The molecule has 0 radical (unpaired) electrons. The van der Waals surface area contributed by atoms with E-state index in [0.717, 1.165) is 35.7 Å². The molecule has 0 fully saturated rings. The third-order valence-electron chi connectivity index (χ3n) is 10.2. The highest BCUT2D eigenvalue weighted by Crippen LogP contribution is 2.43. The van der Waals surface area contributed by atoms with E-state index >= 15 is 0 Å². The van der Waals surface area contributed by atoms with Gasteiger partial charge in [0.15, 0.2) is 0 Å². The SMILES string of the molecule is CCCCCCCCCCCCCCCCCCOCC(COP(=O)(O)OCCCCCCCCCCCCCC[N+](C)(C)C)OCc1ccccc1. The first-order chi connectivity index (χ1) is 25.7. The summed E-state index contributed by atoms with van der Waals surface area (Å²) >= 11 is 0. The lowest BCUT2D eigenvalue weighted by molar-refractivity contribution is -0.870. The Hall–Kier alpha value is -0.790. The van der Waals surface area contributed by atoms with Crippen LogP contribution in [0.4, 0.5) is 0 Å². The Labute approximate surface area is 328 Å². The largest absolute Gasteiger partial charge is 0.472 e. The number of rotatable bonds is 41. The molecule has 7 nitrogen and oxygen atoms in total. The van der Waals surface area contributed by atoms with E-state index in [2.05, 4.69) is 28.1 Å². The number of benzene rings is 1. The molecule has 0 saturated heterocycles. The molecular weight excluding hydrogens is 681 g/mol. The predicted molar refractivity (Wildman–Crippen MR) is 225 cm³/mol. The summed E-state index contributed by atoms with van der Waals surface area (Å²) in [6.07, 6.45) is 35.9. The number of unbranched alkanes of at least 4 members (excludes halogenated alkanes) is 26. The van der Waals surface area contributed by atoms with Gasteiger partial charge in [-0.25, -0.2) is 4.57 Å². The summed E-state index contributed by atoms with van der Waals surface area (Å²) < 4.78 is 36.4. The second kappa shape index (κ2) is 35.6. The summed E-state index contributed by atoms with van der Waals surface area (Å²) in [5.41, 5.74) is 1.04. The Kier molecular flexibility index (Phi) is 33.8. The third-order valence-corrected chi connectivity index (χ3v) is 11.2. The van der Waals surface area contributed by atoms with E-state index in [1.807, 2.05) is 30.3 Å². The zero-order valence-electron chi connectivity index (χ0n) is 35.4. The minimum Gasteiger partial charge on any atom is -0.379 e. The van der Waals surface area contributed by atoms with Crippen molar-refractivity contribution < 1.29 is 32.5 Å². The van der Waals surface area contributed by atoms with Crippen LogP contribution in [-0.4, -0.2) is 69.6 Å². The number of ether oxygens (including phenoxy) is 2. The molecule has 2 unspecified atom stereocenters. The van der Waals surface area contributed by atoms with Gasteiger partial charge in [0, 0.05) is 6.61 Å². The molecule has 0 spiro atoms. The molecule has 0 bridgehead atoms. The Morgan fingerprint density at radius 1 is 0.547 bits per heavy atom. The highest BCUT2D eigenvalue weighted by molar-refractivity contribution is 7.47. The summed E-state index contributed by atoms with van der Waals surface area (Å²) in [5.74, 6) is 0. The second-order valence-electron chi connectivity index (χ2n) is 16.7. The van der Waals surface area contributed by atoms with Crippen LogP contribution in [0.15, 0.2) is 30.3 Å². The topological polar surface area (TPSA) is 74.2 Å². The summed E-state index contributed by atoms with van der Waals surface area (Å²) in [7, 11) is 2.66. The highest BCUT2D eigenvalue weighted by Gasteiger charge is 2.24. The van der Waals surface area contributed by atoms with Crippen molar-refractivity contribution in [3.8, 4) is 0 Å². The third kappa shape index (κ3) is 36.6. The lowest BCUT2D eigenvalue weighted by atomic mass is 10.0. The molecule has 312 valence electrons. The smallest absolute Gasteiger partial charge is 0.379 e. The van der Waals surface area contributed by atoms with Crippen molar-refractivity contribution in [1.29, 1.82) is 0 Å². The second-order valence-corrected chi connectivity index (χ2v) is 18.1. The van der Waals surface area contributed by atoms with Crippen LogP contribution in [-0.2, 0) is 29.7 Å². The fourth-order valence-electron chi connectivity index (χ4n) is 6.75. The van der Waals surface area contributed by atoms with Gasteiger partial charge in [-0.05, 0) is 31.2 Å². The van der Waals surface area contributed by atoms with Gasteiger partial charge < -0.3 is 18.9 Å². The molecule has 0 aromatic heterocycles. The van der Waals surface area contributed by atoms with E-state index in [4.69, 9.17) is 18.5 Å². The lowest BCUT2D eigenvalue weighted by Gasteiger charge is -2.23. The van der Waals surface area contributed by atoms with Crippen LogP contribution in [0, 0.1) is 0 Å². The van der Waals surface area contributed by atoms with E-state index in [-0.39, 0.29) is 13.2 Å². The van der Waals surface area contributed by atoms with Crippen molar-refractivity contribution in [3.63, 3.8) is 0 Å². The van der Waals surface area contributed by atoms with E-state index in [1.54, 1.807) is 0 Å². The van der Waals surface area contributed by atoms with Crippen molar-refractivity contribution in [1.82, 2.24) is 0 Å². The first-order valence-corrected chi connectivity index (χ1v) is 23.9. The van der Waals surface area contributed by atoms with Crippen LogP contribution < -0.4 is 0 Å². The first kappa shape index (κ1) is 50.2. The van der Waals surface area contributed by atoms with Crippen LogP contribution in [0.2, 0.25) is 0 Å². The molecule has 1 aromatic rings. The van der Waals surface area contributed by atoms with Gasteiger partial charge in [-0.2, -0.15) is 0 Å². The Balaban J connectivity index is 2.09. The van der Waals surface area contributed by atoms with Crippen LogP contribution in [0.25, 0.3) is 0 Å². The molecule has 0 aliphatic rings. The number of phosphoric ester groups is 1. The minimum atomic E-state index is -4.15. The molecule has 0 heterocycles. The summed E-state index contributed by atoms with van der Waals surface area (Å²) in [4.78, 5) is 10.3. The lowest BCUT2D eigenvalue weighted by Crippen LogP contribution is -2.35. The normalized spacial score (nSPS) is 13.8. The molecule has 0 amide bonds. The molecule has 0 aliphatic heterocycles. The average molecular weight is 769 g/mol. The van der Waals surface area contributed by atoms with Gasteiger partial charge in [0.1, 0.15) is 6.10 Å². The van der Waals surface area contributed by atoms with E-state index < -0.39 is 13.9 Å². The van der Waals surface area contributed by atoms with Gasteiger partial charge in [0.25, 0.3) is 0 Å². The zero-order valence-corrected chi connectivity index (χ0v) is 36.3. The van der Waals surface area contributed by atoms with Gasteiger partial charge in [-0.1, -0.05) is 191 Å². The maximum atomic E-state index is 12.6. The van der Waals surface area contributed by atoms with Crippen molar-refractivity contribution >= 4 is 7.82 Å². The number of phosphoric acid groups is 1. The van der Waals surface area contributed by atoms with Gasteiger partial charge in [-0.3, -0.25) is 9.05 Å². The average Bonchev–Trinajstić information content (AvgIpc) is 3.13. The number of hydrogen-bond acceptors (Lipinski definition) is 5. The van der Waals surface area contributed by atoms with Crippen molar-refractivity contribution in [2.24, 2.45) is 0 Å². The van der Waals surface area contributed by atoms with Crippen LogP contribution >= 0.6 is 7.82 Å². The van der Waals surface area contributed by atoms with Gasteiger partial charge in [0.05, 0.1) is 54.1 Å². The van der Waals surface area contributed by atoms with Crippen molar-refractivity contribution in [2.75, 3.05) is 54.1 Å². The zero-order chi connectivity index (χ0) is 38.6. The summed E-state index contributed by atoms with van der Waals surface area (Å²) in [6, 6.07) is 9.94. The Morgan fingerprint density at radius 2 is 0.962 bits per heavy atom. The maximum Gasteiger partial charge on any atom is 0.472 e. The van der Waals surface area contributed by atoms with Crippen molar-refractivity contribution in [2.45, 2.75) is 199 Å². The van der Waals surface area contributed by atoms with E-state index in [0.29, 0.717) is 19.8 Å². The highest BCUT2D eigenvalue weighted by atomic mass is 31.2. The van der Waals surface area contributed by atoms with Gasteiger partial charge in [0.2, 0.25) is 0 Å². The molecule has 0 aliphatic carbocycles. The molecule has 53 heavy (non-hydrogen) atoms. The van der Waals surface area contributed by atoms with Crippen LogP contribution in [0.5, 0.6) is 0 Å². The quantitative estimate of drug-likeness (QED) is 0.0406.